The molecule has 166 valence electrons. The molecule has 0 saturated carbocycles. The van der Waals surface area contributed by atoms with Crippen molar-refractivity contribution in [2.45, 2.75) is 32.9 Å². The van der Waals surface area contributed by atoms with Crippen molar-refractivity contribution in [3.63, 3.8) is 0 Å². The van der Waals surface area contributed by atoms with Crippen molar-refractivity contribution < 1.29 is 0 Å². The van der Waals surface area contributed by atoms with Gasteiger partial charge in [-0.15, -0.1) is 35.3 Å². The third-order valence-corrected chi connectivity index (χ3v) is 6.09. The summed E-state index contributed by atoms with van der Waals surface area (Å²) < 4.78 is 0. The number of guanidine groups is 1. The van der Waals surface area contributed by atoms with Gasteiger partial charge in [0.1, 0.15) is 5.01 Å². The first-order valence-electron chi connectivity index (χ1n) is 10.5. The normalized spacial score (nSPS) is 15.8. The fourth-order valence-corrected chi connectivity index (χ4v) is 4.29. The van der Waals surface area contributed by atoms with Crippen molar-refractivity contribution in [1.82, 2.24) is 25.4 Å². The summed E-state index contributed by atoms with van der Waals surface area (Å²) in [5.74, 6) is 1.32. The Hall–Kier alpha value is -1.23. The van der Waals surface area contributed by atoms with E-state index in [1.165, 1.54) is 11.3 Å². The van der Waals surface area contributed by atoms with Crippen LogP contribution in [0.5, 0.6) is 0 Å². The smallest absolute Gasteiger partial charge is 0.191 e. The molecule has 0 atom stereocenters. The van der Waals surface area contributed by atoms with Gasteiger partial charge in [-0.3, -0.25) is 14.8 Å². The summed E-state index contributed by atoms with van der Waals surface area (Å²) in [4.78, 5) is 14.1. The fourth-order valence-electron chi connectivity index (χ4n) is 3.40. The van der Waals surface area contributed by atoms with E-state index in [9.17, 15) is 0 Å². The standard InChI is InChI=1S/C22H34N6S.HI/c1-18(2)20-17-29-21(26-20)15-25-22(23-3)24-9-10-27-11-13-28(14-12-27)16-19-7-5-4-6-8-19;/h4-8,17-18H,9-16H2,1-3H3,(H2,23,24,25);1H. The molecule has 1 aliphatic heterocycles. The van der Waals surface area contributed by atoms with Gasteiger partial charge in [0.05, 0.1) is 12.2 Å². The van der Waals surface area contributed by atoms with Gasteiger partial charge in [-0.1, -0.05) is 44.2 Å². The Morgan fingerprint density at radius 1 is 1.10 bits per heavy atom. The SMILES string of the molecule is CN=C(NCCN1CCN(Cc2ccccc2)CC1)NCc1nc(C(C)C)cs1.I. The molecular weight excluding hydrogens is 507 g/mol. The molecule has 2 heterocycles. The Morgan fingerprint density at radius 2 is 1.80 bits per heavy atom. The first kappa shape index (κ1) is 25.0. The fraction of sp³-hybridized carbons (Fsp3) is 0.545. The lowest BCUT2D eigenvalue weighted by Gasteiger charge is -2.34. The van der Waals surface area contributed by atoms with E-state index in [1.54, 1.807) is 11.3 Å². The van der Waals surface area contributed by atoms with Crippen molar-refractivity contribution in [3.8, 4) is 0 Å². The predicted octanol–water partition coefficient (Wildman–Crippen LogP) is 3.37. The second-order valence-corrected chi connectivity index (χ2v) is 8.72. The first-order chi connectivity index (χ1) is 14.1. The summed E-state index contributed by atoms with van der Waals surface area (Å²) in [6.07, 6.45) is 0. The number of halogens is 1. The molecule has 8 heteroatoms. The molecule has 0 radical (unpaired) electrons. The minimum atomic E-state index is 0. The van der Waals surface area contributed by atoms with E-state index in [1.807, 2.05) is 7.05 Å². The molecule has 1 aromatic carbocycles. The van der Waals surface area contributed by atoms with E-state index in [2.05, 4.69) is 80.0 Å². The molecule has 2 aromatic rings. The van der Waals surface area contributed by atoms with Crippen LogP contribution in [0.3, 0.4) is 0 Å². The van der Waals surface area contributed by atoms with Gasteiger partial charge in [0.25, 0.3) is 0 Å². The van der Waals surface area contributed by atoms with E-state index in [-0.39, 0.29) is 24.0 Å². The molecule has 0 amide bonds. The molecule has 6 nitrogen and oxygen atoms in total. The second kappa shape index (κ2) is 13.2. The zero-order valence-electron chi connectivity index (χ0n) is 18.3. The third-order valence-electron chi connectivity index (χ3n) is 5.23. The molecule has 1 saturated heterocycles. The van der Waals surface area contributed by atoms with E-state index < -0.39 is 0 Å². The molecule has 1 aromatic heterocycles. The van der Waals surface area contributed by atoms with Crippen molar-refractivity contribution in [1.29, 1.82) is 0 Å². The number of nitrogens with zero attached hydrogens (tertiary/aromatic N) is 4. The molecule has 0 aliphatic carbocycles. The first-order valence-corrected chi connectivity index (χ1v) is 11.4. The minimum Gasteiger partial charge on any atom is -0.355 e. The number of aliphatic imine (C=N–C) groups is 1. The molecular formula is C22H35IN6S. The summed E-state index contributed by atoms with van der Waals surface area (Å²) in [6.45, 7) is 12.6. The maximum atomic E-state index is 4.67. The molecule has 3 rings (SSSR count). The van der Waals surface area contributed by atoms with Crippen LogP contribution in [0, 0.1) is 0 Å². The van der Waals surface area contributed by atoms with Gasteiger partial charge in [-0.05, 0) is 11.5 Å². The number of rotatable bonds is 8. The maximum absolute atomic E-state index is 4.67. The Bertz CT molecular complexity index is 756. The van der Waals surface area contributed by atoms with Gasteiger partial charge in [-0.2, -0.15) is 0 Å². The highest BCUT2D eigenvalue weighted by molar-refractivity contribution is 14.0. The van der Waals surface area contributed by atoms with Crippen molar-refractivity contribution in [2.75, 3.05) is 46.3 Å². The van der Waals surface area contributed by atoms with Crippen LogP contribution >= 0.6 is 35.3 Å². The number of aromatic nitrogens is 1. The number of benzene rings is 1. The van der Waals surface area contributed by atoms with E-state index in [0.29, 0.717) is 5.92 Å². The lowest BCUT2D eigenvalue weighted by Crippen LogP contribution is -2.48. The van der Waals surface area contributed by atoms with Gasteiger partial charge in [0.15, 0.2) is 5.96 Å². The summed E-state index contributed by atoms with van der Waals surface area (Å²) in [5.41, 5.74) is 2.57. The Morgan fingerprint density at radius 3 is 2.43 bits per heavy atom. The van der Waals surface area contributed by atoms with Gasteiger partial charge in [0, 0.05) is 58.2 Å². The van der Waals surface area contributed by atoms with Crippen LogP contribution in [-0.4, -0.2) is 67.1 Å². The van der Waals surface area contributed by atoms with Gasteiger partial charge < -0.3 is 10.6 Å². The van der Waals surface area contributed by atoms with Gasteiger partial charge in [-0.25, -0.2) is 4.98 Å². The Labute approximate surface area is 202 Å². The number of nitrogens with one attached hydrogen (secondary N) is 2. The minimum absolute atomic E-state index is 0. The van der Waals surface area contributed by atoms with Crippen LogP contribution in [0.4, 0.5) is 0 Å². The van der Waals surface area contributed by atoms with Crippen molar-refractivity contribution in [2.24, 2.45) is 4.99 Å². The zero-order valence-corrected chi connectivity index (χ0v) is 21.5. The molecule has 2 N–H and O–H groups in total. The summed E-state index contributed by atoms with van der Waals surface area (Å²) in [5, 5.41) is 10.0. The maximum Gasteiger partial charge on any atom is 0.191 e. The summed E-state index contributed by atoms with van der Waals surface area (Å²) in [6, 6.07) is 10.7. The lowest BCUT2D eigenvalue weighted by atomic mass is 10.2. The van der Waals surface area contributed by atoms with Gasteiger partial charge in [0.2, 0.25) is 0 Å². The largest absolute Gasteiger partial charge is 0.355 e. The van der Waals surface area contributed by atoms with Crippen LogP contribution in [0.2, 0.25) is 0 Å². The van der Waals surface area contributed by atoms with E-state index in [0.717, 1.165) is 63.3 Å². The zero-order chi connectivity index (χ0) is 20.5. The average molecular weight is 543 g/mol. The Kier molecular flexibility index (Phi) is 11.0. The van der Waals surface area contributed by atoms with Crippen LogP contribution in [-0.2, 0) is 13.1 Å². The Balaban J connectivity index is 0.00000320. The van der Waals surface area contributed by atoms with Crippen LogP contribution in [0.1, 0.15) is 36.0 Å². The molecule has 0 spiro atoms. The average Bonchev–Trinajstić information content (AvgIpc) is 3.22. The molecule has 30 heavy (non-hydrogen) atoms. The lowest BCUT2D eigenvalue weighted by molar-refractivity contribution is 0.129. The highest BCUT2D eigenvalue weighted by Gasteiger charge is 2.16. The topological polar surface area (TPSA) is 55.8 Å². The van der Waals surface area contributed by atoms with Crippen molar-refractivity contribution >= 4 is 41.3 Å². The van der Waals surface area contributed by atoms with Crippen LogP contribution in [0.25, 0.3) is 0 Å². The number of hydrogen-bond donors (Lipinski definition) is 2. The monoisotopic (exact) mass is 542 g/mol. The molecule has 0 unspecified atom stereocenters. The number of hydrogen-bond acceptors (Lipinski definition) is 5. The van der Waals surface area contributed by atoms with Crippen molar-refractivity contribution in [3.05, 3.63) is 52.0 Å². The second-order valence-electron chi connectivity index (χ2n) is 7.78. The predicted molar refractivity (Wildman–Crippen MR) is 138 cm³/mol. The molecule has 1 aliphatic rings. The third kappa shape index (κ3) is 8.13. The molecule has 0 bridgehead atoms. The van der Waals surface area contributed by atoms with E-state index in [4.69, 9.17) is 0 Å². The number of piperazine rings is 1. The summed E-state index contributed by atoms with van der Waals surface area (Å²) in [7, 11) is 1.82. The molecule has 1 fully saturated rings. The van der Waals surface area contributed by atoms with Gasteiger partial charge >= 0.3 is 0 Å². The quantitative estimate of drug-likeness (QED) is 0.305. The van der Waals surface area contributed by atoms with Crippen LogP contribution < -0.4 is 10.6 Å². The highest BCUT2D eigenvalue weighted by Crippen LogP contribution is 2.17. The van der Waals surface area contributed by atoms with Crippen LogP contribution in [0.15, 0.2) is 40.7 Å². The summed E-state index contributed by atoms with van der Waals surface area (Å²) >= 11 is 1.71. The highest BCUT2D eigenvalue weighted by atomic mass is 127. The van der Waals surface area contributed by atoms with E-state index >= 15 is 0 Å². The number of thiazole rings is 1.